The fourth-order valence-electron chi connectivity index (χ4n) is 1.91. The number of benzene rings is 1. The molecule has 0 aliphatic heterocycles. The summed E-state index contributed by atoms with van der Waals surface area (Å²) >= 11 is 0. The van der Waals surface area contributed by atoms with Crippen LogP contribution in [0.1, 0.15) is 25.0 Å². The monoisotopic (exact) mass is 234 g/mol. The van der Waals surface area contributed by atoms with Crippen molar-refractivity contribution in [1.82, 2.24) is 4.90 Å². The molecule has 0 amide bonds. The Morgan fingerprint density at radius 1 is 1.29 bits per heavy atom. The van der Waals surface area contributed by atoms with Gasteiger partial charge in [-0.2, -0.15) is 0 Å². The SMILES string of the molecule is C=CCc1cc(N)cc(CN(CC)CC)c1O. The molecule has 0 radical (unpaired) electrons. The highest BCUT2D eigenvalue weighted by Gasteiger charge is 2.10. The summed E-state index contributed by atoms with van der Waals surface area (Å²) in [6.45, 7) is 10.6. The zero-order chi connectivity index (χ0) is 12.8. The van der Waals surface area contributed by atoms with E-state index < -0.39 is 0 Å². The van der Waals surface area contributed by atoms with Crippen molar-refractivity contribution in [2.45, 2.75) is 26.8 Å². The first-order valence-electron chi connectivity index (χ1n) is 6.05. The highest BCUT2D eigenvalue weighted by atomic mass is 16.3. The van der Waals surface area contributed by atoms with Crippen LogP contribution in [0.5, 0.6) is 5.75 Å². The molecule has 3 heteroatoms. The van der Waals surface area contributed by atoms with Gasteiger partial charge in [0.15, 0.2) is 0 Å². The largest absolute Gasteiger partial charge is 0.507 e. The number of hydrogen-bond donors (Lipinski definition) is 2. The molecule has 0 unspecified atom stereocenters. The molecular formula is C14H22N2O. The van der Waals surface area contributed by atoms with E-state index in [1.54, 1.807) is 6.08 Å². The number of allylic oxidation sites excluding steroid dienone is 1. The molecule has 0 fully saturated rings. The second-order valence-corrected chi connectivity index (χ2v) is 4.14. The number of phenolic OH excluding ortho intramolecular Hbond substituents is 1. The molecule has 3 N–H and O–H groups in total. The van der Waals surface area contributed by atoms with Gasteiger partial charge in [0.05, 0.1) is 0 Å². The van der Waals surface area contributed by atoms with E-state index in [2.05, 4.69) is 25.3 Å². The van der Waals surface area contributed by atoms with Crippen LogP contribution in [0.25, 0.3) is 0 Å². The zero-order valence-electron chi connectivity index (χ0n) is 10.7. The quantitative estimate of drug-likeness (QED) is 0.452. The topological polar surface area (TPSA) is 49.5 Å². The fourth-order valence-corrected chi connectivity index (χ4v) is 1.91. The van der Waals surface area contributed by atoms with Gasteiger partial charge in [0.2, 0.25) is 0 Å². The Bertz CT molecular complexity index is 384. The van der Waals surface area contributed by atoms with E-state index in [0.717, 1.165) is 30.8 Å². The molecule has 17 heavy (non-hydrogen) atoms. The summed E-state index contributed by atoms with van der Waals surface area (Å²) in [5.74, 6) is 0.353. The van der Waals surface area contributed by atoms with Gasteiger partial charge < -0.3 is 10.8 Å². The lowest BCUT2D eigenvalue weighted by atomic mass is 10.0. The van der Waals surface area contributed by atoms with Crippen LogP contribution in [0, 0.1) is 0 Å². The van der Waals surface area contributed by atoms with Crippen LogP contribution in [0.15, 0.2) is 24.8 Å². The van der Waals surface area contributed by atoms with E-state index in [1.807, 2.05) is 12.1 Å². The molecule has 1 aromatic rings. The number of aromatic hydroxyl groups is 1. The Morgan fingerprint density at radius 3 is 2.41 bits per heavy atom. The predicted molar refractivity (Wildman–Crippen MR) is 73.0 cm³/mol. The highest BCUT2D eigenvalue weighted by Crippen LogP contribution is 2.27. The lowest BCUT2D eigenvalue weighted by Crippen LogP contribution is -2.22. The van der Waals surface area contributed by atoms with Gasteiger partial charge in [0.1, 0.15) is 5.75 Å². The Labute approximate surface area is 104 Å². The summed E-state index contributed by atoms with van der Waals surface area (Å²) in [6.07, 6.45) is 2.41. The van der Waals surface area contributed by atoms with E-state index >= 15 is 0 Å². The van der Waals surface area contributed by atoms with Crippen LogP contribution < -0.4 is 5.73 Å². The van der Waals surface area contributed by atoms with E-state index in [9.17, 15) is 5.11 Å². The molecule has 0 saturated carbocycles. The van der Waals surface area contributed by atoms with Gasteiger partial charge in [-0.15, -0.1) is 6.58 Å². The summed E-state index contributed by atoms with van der Waals surface area (Å²) in [5, 5.41) is 10.2. The third-order valence-electron chi connectivity index (χ3n) is 2.94. The molecule has 0 aliphatic carbocycles. The second kappa shape index (κ2) is 6.30. The van der Waals surface area contributed by atoms with Crippen LogP contribution >= 0.6 is 0 Å². The molecule has 0 saturated heterocycles. The van der Waals surface area contributed by atoms with Crippen LogP contribution in [-0.2, 0) is 13.0 Å². The number of rotatable bonds is 6. The molecule has 0 heterocycles. The normalized spacial score (nSPS) is 10.8. The number of nitrogen functional groups attached to an aromatic ring is 1. The van der Waals surface area contributed by atoms with Gasteiger partial charge in [-0.1, -0.05) is 19.9 Å². The number of nitrogens with zero attached hydrogens (tertiary/aromatic N) is 1. The van der Waals surface area contributed by atoms with E-state index in [1.165, 1.54) is 0 Å². The molecule has 0 spiro atoms. The minimum atomic E-state index is 0.353. The van der Waals surface area contributed by atoms with E-state index in [0.29, 0.717) is 17.9 Å². The minimum absolute atomic E-state index is 0.353. The lowest BCUT2D eigenvalue weighted by Gasteiger charge is -2.20. The molecule has 0 aliphatic rings. The summed E-state index contributed by atoms with van der Waals surface area (Å²) in [6, 6.07) is 3.66. The van der Waals surface area contributed by atoms with Crippen LogP contribution in [0.3, 0.4) is 0 Å². The van der Waals surface area contributed by atoms with Crippen molar-refractivity contribution in [3.05, 3.63) is 35.9 Å². The Hall–Kier alpha value is -1.48. The third kappa shape index (κ3) is 3.49. The maximum atomic E-state index is 10.2. The van der Waals surface area contributed by atoms with Crippen molar-refractivity contribution in [2.24, 2.45) is 0 Å². The van der Waals surface area contributed by atoms with Gasteiger partial charge in [0.25, 0.3) is 0 Å². The molecule has 1 aromatic carbocycles. The Morgan fingerprint density at radius 2 is 1.88 bits per heavy atom. The van der Waals surface area contributed by atoms with Gasteiger partial charge in [-0.05, 0) is 37.2 Å². The second-order valence-electron chi connectivity index (χ2n) is 4.14. The van der Waals surface area contributed by atoms with Crippen LogP contribution in [0.4, 0.5) is 5.69 Å². The average molecular weight is 234 g/mol. The number of anilines is 1. The maximum Gasteiger partial charge on any atom is 0.123 e. The summed E-state index contributed by atoms with van der Waals surface area (Å²) in [4.78, 5) is 2.24. The first kappa shape index (κ1) is 13.6. The Balaban J connectivity index is 3.01. The van der Waals surface area contributed by atoms with Crippen molar-refractivity contribution >= 4 is 5.69 Å². The first-order chi connectivity index (χ1) is 8.12. The number of phenols is 1. The summed E-state index contributed by atoms with van der Waals surface area (Å²) in [5.41, 5.74) is 8.29. The zero-order valence-corrected chi connectivity index (χ0v) is 10.7. The molecule has 0 atom stereocenters. The molecule has 94 valence electrons. The molecule has 3 nitrogen and oxygen atoms in total. The van der Waals surface area contributed by atoms with E-state index in [4.69, 9.17) is 5.73 Å². The van der Waals surface area contributed by atoms with Crippen molar-refractivity contribution in [2.75, 3.05) is 18.8 Å². The standard InChI is InChI=1S/C14H22N2O/c1-4-7-11-8-13(15)9-12(14(11)17)10-16(5-2)6-3/h4,8-9,17H,1,5-7,10,15H2,2-3H3. The van der Waals surface area contributed by atoms with Gasteiger partial charge in [-0.25, -0.2) is 0 Å². The molecule has 0 aromatic heterocycles. The Kier molecular flexibility index (Phi) is 5.04. The highest BCUT2D eigenvalue weighted by molar-refractivity contribution is 5.53. The van der Waals surface area contributed by atoms with Gasteiger partial charge in [-0.3, -0.25) is 4.90 Å². The number of nitrogens with two attached hydrogens (primary N) is 1. The fraction of sp³-hybridized carbons (Fsp3) is 0.429. The maximum absolute atomic E-state index is 10.2. The first-order valence-corrected chi connectivity index (χ1v) is 6.05. The van der Waals surface area contributed by atoms with Crippen molar-refractivity contribution in [3.63, 3.8) is 0 Å². The number of hydrogen-bond acceptors (Lipinski definition) is 3. The van der Waals surface area contributed by atoms with Crippen molar-refractivity contribution in [1.29, 1.82) is 0 Å². The average Bonchev–Trinajstić information content (AvgIpc) is 2.31. The van der Waals surface area contributed by atoms with Crippen molar-refractivity contribution in [3.8, 4) is 5.75 Å². The smallest absolute Gasteiger partial charge is 0.123 e. The molecule has 0 bridgehead atoms. The van der Waals surface area contributed by atoms with Crippen LogP contribution in [-0.4, -0.2) is 23.1 Å². The van der Waals surface area contributed by atoms with Crippen LogP contribution in [0.2, 0.25) is 0 Å². The van der Waals surface area contributed by atoms with Gasteiger partial charge >= 0.3 is 0 Å². The third-order valence-corrected chi connectivity index (χ3v) is 2.94. The predicted octanol–water partition coefficient (Wildman–Crippen LogP) is 2.54. The minimum Gasteiger partial charge on any atom is -0.507 e. The van der Waals surface area contributed by atoms with Crippen molar-refractivity contribution < 1.29 is 5.11 Å². The lowest BCUT2D eigenvalue weighted by molar-refractivity contribution is 0.290. The molecule has 1 rings (SSSR count). The molecular weight excluding hydrogens is 212 g/mol. The van der Waals surface area contributed by atoms with E-state index in [-0.39, 0.29) is 0 Å². The summed E-state index contributed by atoms with van der Waals surface area (Å²) in [7, 11) is 0. The van der Waals surface area contributed by atoms with Gasteiger partial charge in [0, 0.05) is 17.8 Å². The summed E-state index contributed by atoms with van der Waals surface area (Å²) < 4.78 is 0.